The Hall–Kier alpha value is -1.83. The summed E-state index contributed by atoms with van der Waals surface area (Å²) in [6.07, 6.45) is 1.05. The molecule has 6 nitrogen and oxygen atoms in total. The van der Waals surface area contributed by atoms with Gasteiger partial charge < -0.3 is 10.1 Å². The highest BCUT2D eigenvalue weighted by Crippen LogP contribution is 2.28. The molecule has 1 N–H and O–H groups in total. The predicted molar refractivity (Wildman–Crippen MR) is 108 cm³/mol. The molecule has 0 bridgehead atoms. The number of benzene rings is 2. The molecule has 0 spiro atoms. The number of ether oxygens (including phenoxy) is 1. The van der Waals surface area contributed by atoms with Crippen LogP contribution >= 0.6 is 24.2 Å². The molecule has 3 aromatic rings. The number of nitrogens with one attached hydrogen (secondary N) is 1. The number of nitrogens with zero attached hydrogens (tertiary/aromatic N) is 4. The van der Waals surface area contributed by atoms with Crippen molar-refractivity contribution in [1.82, 2.24) is 25.5 Å². The van der Waals surface area contributed by atoms with Crippen molar-refractivity contribution in [2.75, 3.05) is 18.9 Å². The maximum absolute atomic E-state index is 5.82. The third-order valence-corrected chi connectivity index (χ3v) is 5.01. The second-order valence-corrected chi connectivity index (χ2v) is 6.72. The SMILES string of the molecule is CCOc1ccc2ccccc2c1CNCCCSc1nnnn1C.Cl. The topological polar surface area (TPSA) is 64.9 Å². The Labute approximate surface area is 164 Å². The number of tetrazole rings is 1. The van der Waals surface area contributed by atoms with Gasteiger partial charge >= 0.3 is 0 Å². The summed E-state index contributed by atoms with van der Waals surface area (Å²) >= 11 is 1.68. The molecule has 0 aliphatic heterocycles. The van der Waals surface area contributed by atoms with Crippen molar-refractivity contribution < 1.29 is 4.74 Å². The minimum Gasteiger partial charge on any atom is -0.494 e. The Morgan fingerprint density at radius 1 is 1.19 bits per heavy atom. The van der Waals surface area contributed by atoms with E-state index in [4.69, 9.17) is 4.74 Å². The van der Waals surface area contributed by atoms with Crippen molar-refractivity contribution in [1.29, 1.82) is 0 Å². The molecule has 0 fully saturated rings. The molecule has 0 radical (unpaired) electrons. The third-order valence-electron chi connectivity index (χ3n) is 3.91. The van der Waals surface area contributed by atoms with Crippen LogP contribution in [0, 0.1) is 0 Å². The Morgan fingerprint density at radius 2 is 2.04 bits per heavy atom. The number of aryl methyl sites for hydroxylation is 1. The minimum atomic E-state index is 0. The first-order valence-corrected chi connectivity index (χ1v) is 9.47. The highest BCUT2D eigenvalue weighted by molar-refractivity contribution is 7.99. The number of thioether (sulfide) groups is 1. The summed E-state index contributed by atoms with van der Waals surface area (Å²) in [5.41, 5.74) is 1.23. The molecule has 2 aromatic carbocycles. The lowest BCUT2D eigenvalue weighted by atomic mass is 10.0. The van der Waals surface area contributed by atoms with Gasteiger partial charge in [-0.1, -0.05) is 42.1 Å². The fraction of sp³-hybridized carbons (Fsp3) is 0.389. The molecule has 140 valence electrons. The lowest BCUT2D eigenvalue weighted by Crippen LogP contribution is -2.16. The van der Waals surface area contributed by atoms with Crippen LogP contribution in [0.15, 0.2) is 41.6 Å². The van der Waals surface area contributed by atoms with Gasteiger partial charge in [0, 0.05) is 24.9 Å². The van der Waals surface area contributed by atoms with Gasteiger partial charge in [0.1, 0.15) is 5.75 Å². The lowest BCUT2D eigenvalue weighted by molar-refractivity contribution is 0.336. The van der Waals surface area contributed by atoms with E-state index in [-0.39, 0.29) is 12.4 Å². The van der Waals surface area contributed by atoms with Crippen LogP contribution in [0.3, 0.4) is 0 Å². The van der Waals surface area contributed by atoms with Gasteiger partial charge in [0.05, 0.1) is 6.61 Å². The smallest absolute Gasteiger partial charge is 0.209 e. The largest absolute Gasteiger partial charge is 0.494 e. The van der Waals surface area contributed by atoms with E-state index < -0.39 is 0 Å². The maximum Gasteiger partial charge on any atom is 0.209 e. The van der Waals surface area contributed by atoms with Gasteiger partial charge in [-0.05, 0) is 47.2 Å². The normalized spacial score (nSPS) is 10.7. The molecule has 1 aromatic heterocycles. The summed E-state index contributed by atoms with van der Waals surface area (Å²) in [5, 5.41) is 18.3. The van der Waals surface area contributed by atoms with Gasteiger partial charge in [-0.25, -0.2) is 4.68 Å². The van der Waals surface area contributed by atoms with Gasteiger partial charge in [0.15, 0.2) is 0 Å². The van der Waals surface area contributed by atoms with Crippen LogP contribution in [-0.4, -0.2) is 39.1 Å². The lowest BCUT2D eigenvalue weighted by Gasteiger charge is -2.14. The zero-order chi connectivity index (χ0) is 17.5. The second-order valence-electron chi connectivity index (χ2n) is 5.66. The van der Waals surface area contributed by atoms with Crippen molar-refractivity contribution in [2.45, 2.75) is 25.0 Å². The maximum atomic E-state index is 5.82. The van der Waals surface area contributed by atoms with Gasteiger partial charge in [-0.2, -0.15) is 0 Å². The van der Waals surface area contributed by atoms with E-state index in [0.717, 1.165) is 36.2 Å². The average Bonchev–Trinajstić information content (AvgIpc) is 3.04. The van der Waals surface area contributed by atoms with E-state index in [2.05, 4.69) is 57.2 Å². The van der Waals surface area contributed by atoms with Crippen LogP contribution in [-0.2, 0) is 13.6 Å². The van der Waals surface area contributed by atoms with Crippen molar-refractivity contribution in [2.24, 2.45) is 7.05 Å². The summed E-state index contributed by atoms with van der Waals surface area (Å²) in [4.78, 5) is 0. The van der Waals surface area contributed by atoms with Crippen molar-refractivity contribution in [3.05, 3.63) is 42.0 Å². The van der Waals surface area contributed by atoms with Gasteiger partial charge in [0.2, 0.25) is 5.16 Å². The monoisotopic (exact) mass is 393 g/mol. The molecule has 0 aliphatic rings. The van der Waals surface area contributed by atoms with Crippen LogP contribution in [0.5, 0.6) is 5.75 Å². The van der Waals surface area contributed by atoms with Crippen LogP contribution in [0.25, 0.3) is 10.8 Å². The molecule has 8 heteroatoms. The fourth-order valence-electron chi connectivity index (χ4n) is 2.71. The quantitative estimate of drug-likeness (QED) is 0.443. The predicted octanol–water partition coefficient (Wildman–Crippen LogP) is 3.46. The van der Waals surface area contributed by atoms with Gasteiger partial charge in [0.25, 0.3) is 0 Å². The second kappa shape index (κ2) is 10.4. The molecule has 0 aliphatic carbocycles. The van der Waals surface area contributed by atoms with E-state index in [9.17, 15) is 0 Å². The summed E-state index contributed by atoms with van der Waals surface area (Å²) in [6, 6.07) is 12.6. The fourth-order valence-corrected chi connectivity index (χ4v) is 3.50. The minimum absolute atomic E-state index is 0. The number of halogens is 1. The first-order chi connectivity index (χ1) is 12.3. The van der Waals surface area contributed by atoms with Gasteiger partial charge in [-0.3, -0.25) is 0 Å². The highest BCUT2D eigenvalue weighted by Gasteiger charge is 2.08. The zero-order valence-electron chi connectivity index (χ0n) is 15.0. The van der Waals surface area contributed by atoms with Crippen LogP contribution in [0.4, 0.5) is 0 Å². The van der Waals surface area contributed by atoms with Crippen molar-refractivity contribution in [3.63, 3.8) is 0 Å². The molecule has 3 rings (SSSR count). The van der Waals surface area contributed by atoms with Crippen molar-refractivity contribution in [3.8, 4) is 5.75 Å². The van der Waals surface area contributed by atoms with Gasteiger partial charge in [-0.15, -0.1) is 17.5 Å². The molecular weight excluding hydrogens is 370 g/mol. The summed E-state index contributed by atoms with van der Waals surface area (Å²) in [7, 11) is 1.86. The third kappa shape index (κ3) is 5.09. The molecule has 0 saturated carbocycles. The highest BCUT2D eigenvalue weighted by atomic mass is 35.5. The van der Waals surface area contributed by atoms with Crippen LogP contribution < -0.4 is 10.1 Å². The zero-order valence-corrected chi connectivity index (χ0v) is 16.6. The number of aromatic nitrogens is 4. The van der Waals surface area contributed by atoms with E-state index in [0.29, 0.717) is 6.61 Å². The first kappa shape index (κ1) is 20.5. The Kier molecular flexibility index (Phi) is 8.15. The summed E-state index contributed by atoms with van der Waals surface area (Å²) in [5.74, 6) is 1.95. The number of hydrogen-bond donors (Lipinski definition) is 1. The first-order valence-electron chi connectivity index (χ1n) is 8.49. The van der Waals surface area contributed by atoms with E-state index in [1.54, 1.807) is 16.4 Å². The van der Waals surface area contributed by atoms with E-state index in [1.165, 1.54) is 16.3 Å². The standard InChI is InChI=1S/C18H23N5OS.ClH/c1-3-24-17-10-9-14-7-4-5-8-15(14)16(17)13-19-11-6-12-25-18-20-21-22-23(18)2;/h4-5,7-10,19H,3,6,11-13H2,1-2H3;1H. The van der Waals surface area contributed by atoms with Crippen LogP contribution in [0.1, 0.15) is 18.9 Å². The Bertz CT molecular complexity index is 826. The number of fused-ring (bicyclic) bond motifs is 1. The molecule has 26 heavy (non-hydrogen) atoms. The molecule has 0 unspecified atom stereocenters. The Morgan fingerprint density at radius 3 is 2.81 bits per heavy atom. The van der Waals surface area contributed by atoms with E-state index in [1.807, 2.05) is 14.0 Å². The average molecular weight is 394 g/mol. The number of rotatable bonds is 9. The molecule has 1 heterocycles. The number of hydrogen-bond acceptors (Lipinski definition) is 6. The molecule has 0 amide bonds. The summed E-state index contributed by atoms with van der Waals surface area (Å²) < 4.78 is 7.51. The van der Waals surface area contributed by atoms with E-state index >= 15 is 0 Å². The van der Waals surface area contributed by atoms with Crippen LogP contribution in [0.2, 0.25) is 0 Å². The molecule has 0 saturated heterocycles. The molecule has 0 atom stereocenters. The Balaban J connectivity index is 0.00000243. The summed E-state index contributed by atoms with van der Waals surface area (Å²) in [6.45, 7) is 4.43. The molecular formula is C18H24ClN5OS. The van der Waals surface area contributed by atoms with Crippen molar-refractivity contribution >= 4 is 34.9 Å².